The first-order chi connectivity index (χ1) is 9.56. The lowest BCUT2D eigenvalue weighted by atomic mass is 10.1. The van der Waals surface area contributed by atoms with Crippen LogP contribution in [-0.2, 0) is 12.5 Å². The third-order valence-electron chi connectivity index (χ3n) is 3.15. The van der Waals surface area contributed by atoms with Crippen LogP contribution in [0.2, 0.25) is 0 Å². The van der Waals surface area contributed by atoms with Crippen molar-refractivity contribution in [1.82, 2.24) is 9.78 Å². The number of alkyl halides is 2. The van der Waals surface area contributed by atoms with Crippen molar-refractivity contribution in [2.75, 3.05) is 0 Å². The van der Waals surface area contributed by atoms with Crippen LogP contribution in [0.3, 0.4) is 0 Å². The van der Waals surface area contributed by atoms with Crippen LogP contribution < -0.4 is 0 Å². The summed E-state index contributed by atoms with van der Waals surface area (Å²) in [5.41, 5.74) is 0.738. The zero-order valence-electron chi connectivity index (χ0n) is 10.4. The van der Waals surface area contributed by atoms with Gasteiger partial charge in [-0.15, -0.1) is 0 Å². The minimum absolute atomic E-state index is 0.00859. The Morgan fingerprint density at radius 1 is 1.10 bits per heavy atom. The molecule has 3 rings (SSSR count). The summed E-state index contributed by atoms with van der Waals surface area (Å²) in [5.74, 6) is -2.94. The van der Waals surface area contributed by atoms with Crippen LogP contribution in [0.4, 0.5) is 8.78 Å². The summed E-state index contributed by atoms with van der Waals surface area (Å²) < 4.78 is 30.9. The first kappa shape index (κ1) is 13.5. The number of aromatic nitrogens is 2. The number of halogens is 3. The Labute approximate surface area is 128 Å². The van der Waals surface area contributed by atoms with Gasteiger partial charge in [-0.05, 0) is 34.7 Å². The van der Waals surface area contributed by atoms with Gasteiger partial charge in [0.2, 0.25) is 0 Å². The molecule has 1 heterocycles. The lowest BCUT2D eigenvalue weighted by molar-refractivity contribution is -0.0242. The first-order valence-corrected chi connectivity index (χ1v) is 7.18. The van der Waals surface area contributed by atoms with E-state index in [1.54, 1.807) is 24.4 Å². The highest BCUT2D eigenvalue weighted by Crippen LogP contribution is 2.30. The van der Waals surface area contributed by atoms with E-state index in [-0.39, 0.29) is 5.56 Å². The molecule has 5 heteroatoms. The Morgan fingerprint density at radius 2 is 1.85 bits per heavy atom. The Kier molecular flexibility index (Phi) is 3.45. The lowest BCUT2D eigenvalue weighted by Gasteiger charge is -2.17. The topological polar surface area (TPSA) is 17.8 Å². The second-order valence-corrected chi connectivity index (χ2v) is 5.82. The summed E-state index contributed by atoms with van der Waals surface area (Å²) in [6.45, 7) is -0.458. The van der Waals surface area contributed by atoms with Crippen molar-refractivity contribution in [3.63, 3.8) is 0 Å². The molecule has 2 aromatic carbocycles. The number of hydrogen-bond acceptors (Lipinski definition) is 1. The van der Waals surface area contributed by atoms with E-state index in [9.17, 15) is 8.78 Å². The van der Waals surface area contributed by atoms with Crippen molar-refractivity contribution in [1.29, 1.82) is 0 Å². The molecular weight excluding hydrogens is 373 g/mol. The van der Waals surface area contributed by atoms with Crippen molar-refractivity contribution < 1.29 is 8.78 Å². The van der Waals surface area contributed by atoms with E-state index in [2.05, 4.69) is 27.7 Å². The SMILES string of the molecule is FC(F)(Cn1ncc2ccc(I)cc21)c1ccccc1. The fourth-order valence-corrected chi connectivity index (χ4v) is 2.61. The van der Waals surface area contributed by atoms with Gasteiger partial charge in [0, 0.05) is 14.5 Å². The van der Waals surface area contributed by atoms with Crippen LogP contribution in [0.5, 0.6) is 0 Å². The summed E-state index contributed by atoms with van der Waals surface area (Å²) in [4.78, 5) is 0. The molecule has 0 saturated carbocycles. The molecule has 102 valence electrons. The number of nitrogens with zero attached hydrogens (tertiary/aromatic N) is 2. The second kappa shape index (κ2) is 5.12. The molecule has 20 heavy (non-hydrogen) atoms. The monoisotopic (exact) mass is 384 g/mol. The smallest absolute Gasteiger partial charge is 0.258 e. The zero-order chi connectivity index (χ0) is 14.2. The Hall–Kier alpha value is -1.50. The highest BCUT2D eigenvalue weighted by molar-refractivity contribution is 14.1. The predicted octanol–water partition coefficient (Wildman–Crippen LogP) is 4.43. The van der Waals surface area contributed by atoms with Crippen LogP contribution in [0, 0.1) is 3.57 Å². The molecule has 0 fully saturated rings. The van der Waals surface area contributed by atoms with Crippen LogP contribution in [-0.4, -0.2) is 9.78 Å². The number of hydrogen-bond donors (Lipinski definition) is 0. The maximum Gasteiger partial charge on any atom is 0.292 e. The Bertz CT molecular complexity index is 738. The third kappa shape index (κ3) is 2.54. The largest absolute Gasteiger partial charge is 0.292 e. The molecule has 0 N–H and O–H groups in total. The minimum Gasteiger partial charge on any atom is -0.258 e. The molecule has 0 radical (unpaired) electrons. The average Bonchev–Trinajstić information content (AvgIpc) is 2.82. The number of rotatable bonds is 3. The van der Waals surface area contributed by atoms with Crippen molar-refractivity contribution in [2.24, 2.45) is 0 Å². The minimum atomic E-state index is -2.94. The lowest BCUT2D eigenvalue weighted by Crippen LogP contribution is -2.22. The molecule has 3 aromatic rings. The number of fused-ring (bicyclic) bond motifs is 1. The van der Waals surface area contributed by atoms with E-state index in [0.29, 0.717) is 0 Å². The van der Waals surface area contributed by atoms with E-state index in [0.717, 1.165) is 14.5 Å². The molecule has 0 saturated heterocycles. The van der Waals surface area contributed by atoms with E-state index in [1.807, 2.05) is 18.2 Å². The summed E-state index contributed by atoms with van der Waals surface area (Å²) in [6.07, 6.45) is 1.62. The number of benzene rings is 2. The van der Waals surface area contributed by atoms with Crippen molar-refractivity contribution in [3.8, 4) is 0 Å². The average molecular weight is 384 g/mol. The van der Waals surface area contributed by atoms with Gasteiger partial charge in [-0.3, -0.25) is 4.68 Å². The van der Waals surface area contributed by atoms with Gasteiger partial charge in [-0.25, -0.2) is 0 Å². The summed E-state index contributed by atoms with van der Waals surface area (Å²) in [7, 11) is 0. The van der Waals surface area contributed by atoms with E-state index in [4.69, 9.17) is 0 Å². The van der Waals surface area contributed by atoms with E-state index < -0.39 is 12.5 Å². The predicted molar refractivity (Wildman–Crippen MR) is 82.8 cm³/mol. The van der Waals surface area contributed by atoms with Crippen molar-refractivity contribution >= 4 is 33.5 Å². The van der Waals surface area contributed by atoms with Crippen molar-refractivity contribution in [2.45, 2.75) is 12.5 Å². The molecule has 0 unspecified atom stereocenters. The zero-order valence-corrected chi connectivity index (χ0v) is 12.6. The van der Waals surface area contributed by atoms with Crippen LogP contribution >= 0.6 is 22.6 Å². The molecule has 0 aliphatic rings. The normalized spacial score (nSPS) is 11.9. The molecule has 0 atom stereocenters. The molecule has 0 aliphatic heterocycles. The van der Waals surface area contributed by atoms with E-state index >= 15 is 0 Å². The second-order valence-electron chi connectivity index (χ2n) is 4.58. The van der Waals surface area contributed by atoms with Gasteiger partial charge in [0.05, 0.1) is 11.7 Å². The summed E-state index contributed by atoms with van der Waals surface area (Å²) >= 11 is 2.16. The van der Waals surface area contributed by atoms with Gasteiger partial charge in [0.1, 0.15) is 6.54 Å². The summed E-state index contributed by atoms with van der Waals surface area (Å²) in [5, 5.41) is 4.95. The Morgan fingerprint density at radius 3 is 2.60 bits per heavy atom. The van der Waals surface area contributed by atoms with Crippen LogP contribution in [0.25, 0.3) is 10.9 Å². The highest BCUT2D eigenvalue weighted by Gasteiger charge is 2.32. The fraction of sp³-hybridized carbons (Fsp3) is 0.133. The van der Waals surface area contributed by atoms with Gasteiger partial charge in [-0.1, -0.05) is 36.4 Å². The van der Waals surface area contributed by atoms with Gasteiger partial charge < -0.3 is 0 Å². The quantitative estimate of drug-likeness (QED) is 0.611. The van der Waals surface area contributed by atoms with Crippen LogP contribution in [0.1, 0.15) is 5.56 Å². The molecule has 0 amide bonds. The maximum atomic E-state index is 14.3. The van der Waals surface area contributed by atoms with E-state index in [1.165, 1.54) is 16.8 Å². The van der Waals surface area contributed by atoms with Gasteiger partial charge in [-0.2, -0.15) is 13.9 Å². The third-order valence-corrected chi connectivity index (χ3v) is 3.82. The highest BCUT2D eigenvalue weighted by atomic mass is 127. The molecule has 0 aliphatic carbocycles. The molecule has 0 bridgehead atoms. The fourth-order valence-electron chi connectivity index (χ4n) is 2.13. The maximum absolute atomic E-state index is 14.3. The molecule has 0 spiro atoms. The summed E-state index contributed by atoms with van der Waals surface area (Å²) in [6, 6.07) is 13.5. The standard InChI is InChI=1S/C15H11F2IN2/c16-15(17,12-4-2-1-3-5-12)10-20-14-8-13(18)7-6-11(14)9-19-20/h1-9H,10H2. The molecule has 1 aromatic heterocycles. The van der Waals surface area contributed by atoms with Crippen molar-refractivity contribution in [3.05, 3.63) is 63.9 Å². The van der Waals surface area contributed by atoms with Crippen LogP contribution in [0.15, 0.2) is 54.7 Å². The van der Waals surface area contributed by atoms with Gasteiger partial charge in [0.25, 0.3) is 5.92 Å². The Balaban J connectivity index is 1.99. The molecular formula is C15H11F2IN2. The van der Waals surface area contributed by atoms with Gasteiger partial charge in [0.15, 0.2) is 0 Å². The van der Waals surface area contributed by atoms with Gasteiger partial charge >= 0.3 is 0 Å². The molecule has 2 nitrogen and oxygen atoms in total. The first-order valence-electron chi connectivity index (χ1n) is 6.11.